The van der Waals surface area contributed by atoms with Crippen LogP contribution in [0.3, 0.4) is 0 Å². The molecule has 1 aliphatic carbocycles. The Morgan fingerprint density at radius 1 is 1.09 bits per heavy atom. The molecular weight excluding hydrogens is 420 g/mol. The minimum atomic E-state index is -0.107. The van der Waals surface area contributed by atoms with Gasteiger partial charge in [0.2, 0.25) is 5.95 Å². The molecule has 3 aromatic rings. The van der Waals surface area contributed by atoms with Crippen molar-refractivity contribution in [2.45, 2.75) is 51.3 Å². The number of anilines is 2. The molecule has 2 fully saturated rings. The summed E-state index contributed by atoms with van der Waals surface area (Å²) in [5.74, 6) is 1.41. The van der Waals surface area contributed by atoms with Crippen molar-refractivity contribution in [1.82, 2.24) is 19.5 Å². The highest BCUT2D eigenvalue weighted by atomic mass is 16.5. The van der Waals surface area contributed by atoms with Crippen molar-refractivity contribution < 1.29 is 9.47 Å². The molecule has 1 aliphatic heterocycles. The summed E-state index contributed by atoms with van der Waals surface area (Å²) < 4.78 is 13.8. The molecule has 2 aromatic heterocycles. The number of aryl methyl sites for hydroxylation is 1. The Bertz CT molecular complexity index is 1140. The fraction of sp³-hybridized carbons (Fsp3) is 0.500. The van der Waals surface area contributed by atoms with Gasteiger partial charge in [0.15, 0.2) is 0 Å². The second kappa shape index (κ2) is 9.74. The molecule has 0 unspecified atom stereocenters. The van der Waals surface area contributed by atoms with E-state index in [1.807, 2.05) is 13.0 Å². The van der Waals surface area contributed by atoms with Crippen LogP contribution in [0, 0.1) is 0 Å². The van der Waals surface area contributed by atoms with Gasteiger partial charge < -0.3 is 24.3 Å². The summed E-state index contributed by atoms with van der Waals surface area (Å²) >= 11 is 0. The predicted molar refractivity (Wildman–Crippen MR) is 127 cm³/mol. The third-order valence-electron chi connectivity index (χ3n) is 6.45. The van der Waals surface area contributed by atoms with Crippen LogP contribution in [0.15, 0.2) is 41.6 Å². The Morgan fingerprint density at radius 3 is 2.58 bits per heavy atom. The number of nitrogens with one attached hydrogen (secondary N) is 1. The van der Waals surface area contributed by atoms with Crippen LogP contribution in [0.25, 0.3) is 11.0 Å². The fourth-order valence-corrected chi connectivity index (χ4v) is 4.72. The van der Waals surface area contributed by atoms with E-state index in [1.165, 1.54) is 6.20 Å². The van der Waals surface area contributed by atoms with Crippen molar-refractivity contribution in [1.29, 1.82) is 0 Å². The number of nitrogens with zero attached hydrogens (tertiary/aromatic N) is 5. The number of ether oxygens (including phenoxy) is 2. The maximum absolute atomic E-state index is 12.5. The van der Waals surface area contributed by atoms with Crippen molar-refractivity contribution in [3.8, 4) is 5.75 Å². The third kappa shape index (κ3) is 4.78. The van der Waals surface area contributed by atoms with Gasteiger partial charge in [-0.1, -0.05) is 0 Å². The summed E-state index contributed by atoms with van der Waals surface area (Å²) in [4.78, 5) is 27.8. The zero-order chi connectivity index (χ0) is 22.6. The summed E-state index contributed by atoms with van der Waals surface area (Å²) in [6.07, 6.45) is 8.78. The molecule has 9 nitrogen and oxygen atoms in total. The van der Waals surface area contributed by atoms with E-state index in [0.29, 0.717) is 31.7 Å². The topological polar surface area (TPSA) is 94.4 Å². The maximum Gasteiger partial charge on any atom is 0.269 e. The lowest BCUT2D eigenvalue weighted by atomic mass is 9.93. The number of aromatic nitrogens is 4. The SMILES string of the molecule is CCn1c(=O)cnc2cc(N3CCOCC3)cc(O[C@H]3CC[C@@H](Nc4ncccn4)CC3)c21. The Hall–Kier alpha value is -3.20. The first-order valence-corrected chi connectivity index (χ1v) is 11.8. The van der Waals surface area contributed by atoms with Gasteiger partial charge in [-0.3, -0.25) is 4.79 Å². The minimum absolute atomic E-state index is 0.0866. The van der Waals surface area contributed by atoms with Gasteiger partial charge >= 0.3 is 0 Å². The van der Waals surface area contributed by atoms with Gasteiger partial charge in [-0.05, 0) is 44.7 Å². The first-order valence-electron chi connectivity index (χ1n) is 11.8. The molecule has 0 atom stereocenters. The molecule has 0 radical (unpaired) electrons. The molecule has 2 aliphatic rings. The molecule has 9 heteroatoms. The van der Waals surface area contributed by atoms with Crippen LogP contribution in [0.1, 0.15) is 32.6 Å². The fourth-order valence-electron chi connectivity index (χ4n) is 4.72. The highest BCUT2D eigenvalue weighted by Gasteiger charge is 2.25. The lowest BCUT2D eigenvalue weighted by molar-refractivity contribution is 0.122. The van der Waals surface area contributed by atoms with Crippen molar-refractivity contribution in [2.24, 2.45) is 0 Å². The Labute approximate surface area is 192 Å². The molecule has 1 saturated heterocycles. The molecular formula is C24H30N6O3. The lowest BCUT2D eigenvalue weighted by Crippen LogP contribution is -2.36. The number of fused-ring (bicyclic) bond motifs is 1. The van der Waals surface area contributed by atoms with Gasteiger partial charge in [0, 0.05) is 49.8 Å². The van der Waals surface area contributed by atoms with Gasteiger partial charge in [0.1, 0.15) is 11.3 Å². The monoisotopic (exact) mass is 450 g/mol. The molecule has 1 N–H and O–H groups in total. The molecule has 1 aromatic carbocycles. The van der Waals surface area contributed by atoms with E-state index in [-0.39, 0.29) is 11.7 Å². The second-order valence-electron chi connectivity index (χ2n) is 8.56. The van der Waals surface area contributed by atoms with E-state index in [0.717, 1.165) is 61.2 Å². The van der Waals surface area contributed by atoms with Gasteiger partial charge in [-0.15, -0.1) is 0 Å². The summed E-state index contributed by atoms with van der Waals surface area (Å²) in [5.41, 5.74) is 2.52. The lowest BCUT2D eigenvalue weighted by Gasteiger charge is -2.32. The largest absolute Gasteiger partial charge is 0.488 e. The first kappa shape index (κ1) is 21.6. The van der Waals surface area contributed by atoms with Gasteiger partial charge in [0.25, 0.3) is 5.56 Å². The van der Waals surface area contributed by atoms with Crippen LogP contribution in [0.5, 0.6) is 5.75 Å². The molecule has 0 bridgehead atoms. The summed E-state index contributed by atoms with van der Waals surface area (Å²) in [6.45, 7) is 5.62. The van der Waals surface area contributed by atoms with Crippen molar-refractivity contribution in [2.75, 3.05) is 36.5 Å². The van der Waals surface area contributed by atoms with Crippen LogP contribution in [0.2, 0.25) is 0 Å². The number of hydrogen-bond acceptors (Lipinski definition) is 8. The average Bonchev–Trinajstić information content (AvgIpc) is 2.86. The van der Waals surface area contributed by atoms with Crippen molar-refractivity contribution in [3.05, 3.63) is 47.1 Å². The van der Waals surface area contributed by atoms with Crippen LogP contribution in [-0.2, 0) is 11.3 Å². The number of hydrogen-bond donors (Lipinski definition) is 1. The Balaban J connectivity index is 1.38. The van der Waals surface area contributed by atoms with Crippen molar-refractivity contribution >= 4 is 22.7 Å². The van der Waals surface area contributed by atoms with Crippen LogP contribution in [0.4, 0.5) is 11.6 Å². The van der Waals surface area contributed by atoms with Crippen LogP contribution < -0.4 is 20.5 Å². The molecule has 3 heterocycles. The average molecular weight is 451 g/mol. The van der Waals surface area contributed by atoms with Gasteiger partial charge in [-0.2, -0.15) is 0 Å². The van der Waals surface area contributed by atoms with E-state index in [1.54, 1.807) is 17.0 Å². The Kier molecular flexibility index (Phi) is 6.39. The van der Waals surface area contributed by atoms with E-state index in [2.05, 4.69) is 37.3 Å². The Morgan fingerprint density at radius 2 is 1.85 bits per heavy atom. The molecule has 5 rings (SSSR count). The number of rotatable bonds is 6. The second-order valence-corrected chi connectivity index (χ2v) is 8.56. The van der Waals surface area contributed by atoms with E-state index < -0.39 is 0 Å². The van der Waals surface area contributed by atoms with Crippen LogP contribution >= 0.6 is 0 Å². The minimum Gasteiger partial charge on any atom is -0.488 e. The third-order valence-corrected chi connectivity index (χ3v) is 6.45. The summed E-state index contributed by atoms with van der Waals surface area (Å²) in [7, 11) is 0. The molecule has 1 saturated carbocycles. The highest BCUT2D eigenvalue weighted by molar-refractivity contribution is 5.86. The normalized spacial score (nSPS) is 21.2. The number of morpholine rings is 1. The standard InChI is InChI=1S/C24H30N6O3/c1-2-30-22(31)16-27-20-14-18(29-10-12-32-13-11-29)15-21(23(20)30)33-19-6-4-17(5-7-19)28-24-25-8-3-9-26-24/h3,8-9,14-17,19H,2,4-7,10-13H2,1H3,(H,25,26,28)/t17-,19+. The maximum atomic E-state index is 12.5. The molecule has 174 valence electrons. The molecule has 0 amide bonds. The summed E-state index contributed by atoms with van der Waals surface area (Å²) in [5, 5.41) is 3.42. The number of benzene rings is 1. The van der Waals surface area contributed by atoms with E-state index in [4.69, 9.17) is 9.47 Å². The zero-order valence-corrected chi connectivity index (χ0v) is 18.9. The molecule has 33 heavy (non-hydrogen) atoms. The first-order chi connectivity index (χ1) is 16.2. The van der Waals surface area contributed by atoms with Crippen LogP contribution in [-0.4, -0.2) is 58.0 Å². The van der Waals surface area contributed by atoms with Crippen molar-refractivity contribution in [3.63, 3.8) is 0 Å². The predicted octanol–water partition coefficient (Wildman–Crippen LogP) is 2.85. The quantitative estimate of drug-likeness (QED) is 0.613. The van der Waals surface area contributed by atoms with E-state index >= 15 is 0 Å². The molecule has 0 spiro atoms. The highest BCUT2D eigenvalue weighted by Crippen LogP contribution is 2.34. The summed E-state index contributed by atoms with van der Waals surface area (Å²) in [6, 6.07) is 6.28. The smallest absolute Gasteiger partial charge is 0.269 e. The van der Waals surface area contributed by atoms with E-state index in [9.17, 15) is 4.79 Å². The van der Waals surface area contributed by atoms with Gasteiger partial charge in [0.05, 0.1) is 31.0 Å². The van der Waals surface area contributed by atoms with Gasteiger partial charge in [-0.25, -0.2) is 15.0 Å². The zero-order valence-electron chi connectivity index (χ0n) is 18.9.